The first kappa shape index (κ1) is 24.2. The van der Waals surface area contributed by atoms with E-state index in [1.807, 2.05) is 13.8 Å². The molecule has 0 bridgehead atoms. The maximum atomic E-state index is 13.1. The van der Waals surface area contributed by atoms with Gasteiger partial charge < -0.3 is 10.6 Å². The number of carbonyl (C=O) groups excluding carboxylic acids is 2. The summed E-state index contributed by atoms with van der Waals surface area (Å²) in [5.41, 5.74) is 0.812. The second kappa shape index (κ2) is 10.5. The van der Waals surface area contributed by atoms with Gasteiger partial charge in [0.1, 0.15) is 4.90 Å². The minimum absolute atomic E-state index is 0.00919. The fraction of sp³-hybridized carbons (Fsp3) is 0.391. The van der Waals surface area contributed by atoms with Crippen molar-refractivity contribution in [2.24, 2.45) is 0 Å². The van der Waals surface area contributed by atoms with Crippen molar-refractivity contribution in [3.63, 3.8) is 0 Å². The molecule has 1 aliphatic heterocycles. The highest BCUT2D eigenvalue weighted by Gasteiger charge is 2.29. The molecule has 0 spiro atoms. The number of hydrogen-bond donors (Lipinski definition) is 2. The summed E-state index contributed by atoms with van der Waals surface area (Å²) in [6, 6.07) is 10.8. The molecule has 3 rings (SSSR count). The molecule has 1 saturated heterocycles. The summed E-state index contributed by atoms with van der Waals surface area (Å²) in [6.45, 7) is 4.74. The number of amides is 2. The molecule has 0 saturated carbocycles. The van der Waals surface area contributed by atoms with Gasteiger partial charge in [-0.05, 0) is 56.5 Å². The lowest BCUT2D eigenvalue weighted by molar-refractivity contribution is 0.0940. The van der Waals surface area contributed by atoms with Crippen molar-refractivity contribution in [3.05, 3.63) is 58.6 Å². The third-order valence-electron chi connectivity index (χ3n) is 5.54. The number of sulfonamides is 1. The number of anilines is 1. The SMILES string of the molecule is CC[C@H](C)NC(=O)c1ccccc1NC(=O)c1ccc(Cl)c(S(=O)(=O)N2CCCCC2)c1. The highest BCUT2D eigenvalue weighted by Crippen LogP contribution is 2.28. The highest BCUT2D eigenvalue weighted by atomic mass is 35.5. The van der Waals surface area contributed by atoms with Crippen LogP contribution in [0.2, 0.25) is 5.02 Å². The third-order valence-corrected chi connectivity index (χ3v) is 7.92. The van der Waals surface area contributed by atoms with Gasteiger partial charge in [0.05, 0.1) is 16.3 Å². The van der Waals surface area contributed by atoms with Gasteiger partial charge in [-0.1, -0.05) is 37.1 Å². The first-order valence-electron chi connectivity index (χ1n) is 10.7. The molecule has 0 radical (unpaired) electrons. The Kier molecular flexibility index (Phi) is 7.92. The summed E-state index contributed by atoms with van der Waals surface area (Å²) in [5.74, 6) is -0.819. The van der Waals surface area contributed by atoms with Crippen LogP contribution in [0.3, 0.4) is 0 Å². The van der Waals surface area contributed by atoms with Crippen LogP contribution in [-0.4, -0.2) is 43.7 Å². The number of piperidine rings is 1. The van der Waals surface area contributed by atoms with E-state index in [0.29, 0.717) is 24.3 Å². The van der Waals surface area contributed by atoms with E-state index in [1.165, 1.54) is 22.5 Å². The van der Waals surface area contributed by atoms with E-state index < -0.39 is 15.9 Å². The molecule has 7 nitrogen and oxygen atoms in total. The zero-order valence-corrected chi connectivity index (χ0v) is 19.8. The Morgan fingerprint density at radius 3 is 2.44 bits per heavy atom. The fourth-order valence-electron chi connectivity index (χ4n) is 3.47. The van der Waals surface area contributed by atoms with Crippen molar-refractivity contribution < 1.29 is 18.0 Å². The van der Waals surface area contributed by atoms with Crippen molar-refractivity contribution in [2.75, 3.05) is 18.4 Å². The zero-order valence-electron chi connectivity index (χ0n) is 18.2. The predicted molar refractivity (Wildman–Crippen MR) is 126 cm³/mol. The average Bonchev–Trinajstić information content (AvgIpc) is 2.80. The topological polar surface area (TPSA) is 95.6 Å². The molecule has 1 heterocycles. The average molecular weight is 478 g/mol. The molecule has 32 heavy (non-hydrogen) atoms. The lowest BCUT2D eigenvalue weighted by Gasteiger charge is -2.26. The van der Waals surface area contributed by atoms with E-state index in [0.717, 1.165) is 25.7 Å². The summed E-state index contributed by atoms with van der Waals surface area (Å²) < 4.78 is 27.6. The largest absolute Gasteiger partial charge is 0.350 e. The minimum Gasteiger partial charge on any atom is -0.350 e. The van der Waals surface area contributed by atoms with Crippen LogP contribution in [0.1, 0.15) is 60.2 Å². The number of benzene rings is 2. The smallest absolute Gasteiger partial charge is 0.255 e. The van der Waals surface area contributed by atoms with Crippen molar-refractivity contribution in [1.82, 2.24) is 9.62 Å². The number of halogens is 1. The Morgan fingerprint density at radius 1 is 1.06 bits per heavy atom. The van der Waals surface area contributed by atoms with Crippen LogP contribution in [-0.2, 0) is 10.0 Å². The lowest BCUT2D eigenvalue weighted by Crippen LogP contribution is -2.35. The monoisotopic (exact) mass is 477 g/mol. The predicted octanol–water partition coefficient (Wildman–Crippen LogP) is 4.30. The molecule has 0 aromatic heterocycles. The molecular formula is C23H28ClN3O4S. The van der Waals surface area contributed by atoms with Crippen LogP contribution in [0.15, 0.2) is 47.4 Å². The standard InChI is InChI=1S/C23H28ClN3O4S/c1-3-16(2)25-23(29)18-9-5-6-10-20(18)26-22(28)17-11-12-19(24)21(15-17)32(30,31)27-13-7-4-8-14-27/h5-6,9-12,15-16H,3-4,7-8,13-14H2,1-2H3,(H,25,29)(H,26,28)/t16-/m0/s1. The number of carbonyl (C=O) groups is 2. The maximum Gasteiger partial charge on any atom is 0.255 e. The van der Waals surface area contributed by atoms with E-state index in [-0.39, 0.29) is 27.4 Å². The summed E-state index contributed by atoms with van der Waals surface area (Å²) in [5, 5.41) is 5.67. The summed E-state index contributed by atoms with van der Waals surface area (Å²) in [7, 11) is -3.80. The molecule has 0 unspecified atom stereocenters. The molecule has 2 amide bonds. The number of hydrogen-bond acceptors (Lipinski definition) is 4. The number of rotatable bonds is 7. The Morgan fingerprint density at radius 2 is 1.75 bits per heavy atom. The summed E-state index contributed by atoms with van der Waals surface area (Å²) in [6.07, 6.45) is 3.37. The second-order valence-electron chi connectivity index (χ2n) is 7.89. The molecule has 2 aromatic rings. The Bertz CT molecular complexity index is 1100. The molecular weight excluding hydrogens is 450 g/mol. The van der Waals surface area contributed by atoms with Gasteiger partial charge in [0.2, 0.25) is 10.0 Å². The normalized spacial score (nSPS) is 15.7. The van der Waals surface area contributed by atoms with Crippen LogP contribution in [0.5, 0.6) is 0 Å². The molecule has 172 valence electrons. The molecule has 0 aliphatic carbocycles. The van der Waals surface area contributed by atoms with E-state index in [2.05, 4.69) is 10.6 Å². The van der Waals surface area contributed by atoms with Crippen LogP contribution in [0, 0.1) is 0 Å². The van der Waals surface area contributed by atoms with Crippen LogP contribution in [0.25, 0.3) is 0 Å². The van der Waals surface area contributed by atoms with Crippen molar-refractivity contribution in [2.45, 2.75) is 50.5 Å². The lowest BCUT2D eigenvalue weighted by atomic mass is 10.1. The van der Waals surface area contributed by atoms with E-state index >= 15 is 0 Å². The fourth-order valence-corrected chi connectivity index (χ4v) is 5.49. The van der Waals surface area contributed by atoms with Crippen LogP contribution < -0.4 is 10.6 Å². The maximum absolute atomic E-state index is 13.1. The first-order valence-corrected chi connectivity index (χ1v) is 12.6. The van der Waals surface area contributed by atoms with Gasteiger partial charge in [0.25, 0.3) is 11.8 Å². The quantitative estimate of drug-likeness (QED) is 0.621. The van der Waals surface area contributed by atoms with Gasteiger partial charge >= 0.3 is 0 Å². The van der Waals surface area contributed by atoms with Crippen LogP contribution >= 0.6 is 11.6 Å². The summed E-state index contributed by atoms with van der Waals surface area (Å²) in [4.78, 5) is 25.4. The van der Waals surface area contributed by atoms with E-state index in [9.17, 15) is 18.0 Å². The van der Waals surface area contributed by atoms with Gasteiger partial charge in [0.15, 0.2) is 0 Å². The first-order chi connectivity index (χ1) is 15.2. The van der Waals surface area contributed by atoms with Crippen molar-refractivity contribution in [1.29, 1.82) is 0 Å². The van der Waals surface area contributed by atoms with Crippen LogP contribution in [0.4, 0.5) is 5.69 Å². The Balaban J connectivity index is 1.86. The van der Waals surface area contributed by atoms with E-state index in [4.69, 9.17) is 11.6 Å². The van der Waals surface area contributed by atoms with Gasteiger partial charge in [-0.2, -0.15) is 4.31 Å². The highest BCUT2D eigenvalue weighted by molar-refractivity contribution is 7.89. The second-order valence-corrected chi connectivity index (χ2v) is 10.2. The molecule has 1 fully saturated rings. The number of nitrogens with one attached hydrogen (secondary N) is 2. The Hall–Kier alpha value is -2.42. The molecule has 9 heteroatoms. The van der Waals surface area contributed by atoms with Gasteiger partial charge in [-0.3, -0.25) is 9.59 Å². The molecule has 2 aromatic carbocycles. The zero-order chi connectivity index (χ0) is 23.3. The van der Waals surface area contributed by atoms with Gasteiger partial charge in [-0.15, -0.1) is 0 Å². The molecule has 1 atom stereocenters. The third kappa shape index (κ3) is 5.49. The molecule has 2 N–H and O–H groups in total. The minimum atomic E-state index is -3.80. The molecule has 1 aliphatic rings. The van der Waals surface area contributed by atoms with Crippen molar-refractivity contribution >= 4 is 39.1 Å². The summed E-state index contributed by atoms with van der Waals surface area (Å²) >= 11 is 6.20. The van der Waals surface area contributed by atoms with Gasteiger partial charge in [-0.25, -0.2) is 8.42 Å². The van der Waals surface area contributed by atoms with E-state index in [1.54, 1.807) is 24.3 Å². The Labute approximate surface area is 194 Å². The van der Waals surface area contributed by atoms with Gasteiger partial charge in [0, 0.05) is 24.7 Å². The number of nitrogens with zero attached hydrogens (tertiary/aromatic N) is 1. The van der Waals surface area contributed by atoms with Crippen molar-refractivity contribution in [3.8, 4) is 0 Å². The number of para-hydroxylation sites is 1.